The Morgan fingerprint density at radius 2 is 2.36 bits per heavy atom. The standard InChI is InChI=1S/C10H17N3O/c1-3-8(6-14)13-10-4-9(11)7(2)5-12-10/h4-5,8,14H,3,6H2,1-2H3,(H3,11,12,13). The van der Waals surface area contributed by atoms with E-state index in [1.807, 2.05) is 13.8 Å². The van der Waals surface area contributed by atoms with Crippen LogP contribution >= 0.6 is 0 Å². The molecule has 4 heteroatoms. The van der Waals surface area contributed by atoms with Crippen LogP contribution in [0.5, 0.6) is 0 Å². The Morgan fingerprint density at radius 3 is 2.86 bits per heavy atom. The molecule has 0 spiro atoms. The minimum absolute atomic E-state index is 0.0459. The fraction of sp³-hybridized carbons (Fsp3) is 0.500. The van der Waals surface area contributed by atoms with Crippen LogP contribution in [-0.2, 0) is 0 Å². The first-order chi connectivity index (χ1) is 6.67. The second-order valence-corrected chi connectivity index (χ2v) is 3.36. The van der Waals surface area contributed by atoms with E-state index in [2.05, 4.69) is 10.3 Å². The molecule has 4 N–H and O–H groups in total. The summed E-state index contributed by atoms with van der Waals surface area (Å²) in [5, 5.41) is 12.1. The molecule has 78 valence electrons. The van der Waals surface area contributed by atoms with Crippen LogP contribution in [0.15, 0.2) is 12.3 Å². The van der Waals surface area contributed by atoms with E-state index in [4.69, 9.17) is 10.8 Å². The molecule has 0 aliphatic heterocycles. The SMILES string of the molecule is CCC(CO)Nc1cc(N)c(C)cn1. The minimum atomic E-state index is 0.0459. The van der Waals surface area contributed by atoms with Crippen molar-refractivity contribution in [1.29, 1.82) is 0 Å². The first-order valence-electron chi connectivity index (χ1n) is 4.77. The van der Waals surface area contributed by atoms with Gasteiger partial charge in [0.1, 0.15) is 5.82 Å². The molecule has 1 aromatic rings. The van der Waals surface area contributed by atoms with E-state index in [-0.39, 0.29) is 12.6 Å². The van der Waals surface area contributed by atoms with Crippen molar-refractivity contribution in [2.24, 2.45) is 0 Å². The highest BCUT2D eigenvalue weighted by atomic mass is 16.3. The third-order valence-electron chi connectivity index (χ3n) is 2.21. The maximum atomic E-state index is 8.99. The molecule has 1 atom stereocenters. The van der Waals surface area contributed by atoms with Gasteiger partial charge >= 0.3 is 0 Å². The van der Waals surface area contributed by atoms with Gasteiger partial charge in [0.15, 0.2) is 0 Å². The Balaban J connectivity index is 2.72. The summed E-state index contributed by atoms with van der Waals surface area (Å²) >= 11 is 0. The molecular weight excluding hydrogens is 178 g/mol. The lowest BCUT2D eigenvalue weighted by atomic mass is 10.2. The van der Waals surface area contributed by atoms with Crippen LogP contribution in [0.4, 0.5) is 11.5 Å². The molecule has 0 bridgehead atoms. The maximum absolute atomic E-state index is 8.99. The van der Waals surface area contributed by atoms with E-state index in [0.717, 1.165) is 17.7 Å². The average Bonchev–Trinajstić information content (AvgIpc) is 2.19. The number of aromatic nitrogens is 1. The van der Waals surface area contributed by atoms with Crippen molar-refractivity contribution in [1.82, 2.24) is 4.98 Å². The van der Waals surface area contributed by atoms with Gasteiger partial charge in [-0.05, 0) is 18.9 Å². The highest BCUT2D eigenvalue weighted by Gasteiger charge is 2.05. The van der Waals surface area contributed by atoms with E-state index in [0.29, 0.717) is 5.82 Å². The summed E-state index contributed by atoms with van der Waals surface area (Å²) in [6.07, 6.45) is 2.58. The zero-order valence-corrected chi connectivity index (χ0v) is 8.62. The Hall–Kier alpha value is -1.29. The van der Waals surface area contributed by atoms with E-state index in [1.54, 1.807) is 12.3 Å². The van der Waals surface area contributed by atoms with Gasteiger partial charge in [-0.2, -0.15) is 0 Å². The van der Waals surface area contributed by atoms with E-state index >= 15 is 0 Å². The quantitative estimate of drug-likeness (QED) is 0.674. The molecule has 1 heterocycles. The molecule has 0 radical (unpaired) electrons. The van der Waals surface area contributed by atoms with Crippen LogP contribution in [0.2, 0.25) is 0 Å². The number of anilines is 2. The lowest BCUT2D eigenvalue weighted by Gasteiger charge is -2.15. The molecule has 0 fully saturated rings. The Labute approximate surface area is 84.2 Å². The summed E-state index contributed by atoms with van der Waals surface area (Å²) in [5.41, 5.74) is 7.42. The van der Waals surface area contributed by atoms with Crippen LogP contribution in [0.1, 0.15) is 18.9 Å². The van der Waals surface area contributed by atoms with Crippen LogP contribution in [0, 0.1) is 6.92 Å². The summed E-state index contributed by atoms with van der Waals surface area (Å²) in [6.45, 7) is 4.02. The Kier molecular flexibility index (Phi) is 3.71. The van der Waals surface area contributed by atoms with Gasteiger partial charge in [-0.3, -0.25) is 0 Å². The van der Waals surface area contributed by atoms with Crippen molar-refractivity contribution < 1.29 is 5.11 Å². The van der Waals surface area contributed by atoms with E-state index in [1.165, 1.54) is 0 Å². The highest BCUT2D eigenvalue weighted by molar-refractivity contribution is 5.53. The fourth-order valence-electron chi connectivity index (χ4n) is 1.10. The second-order valence-electron chi connectivity index (χ2n) is 3.36. The molecule has 0 aliphatic carbocycles. The van der Waals surface area contributed by atoms with Gasteiger partial charge in [-0.1, -0.05) is 6.92 Å². The fourth-order valence-corrected chi connectivity index (χ4v) is 1.10. The number of rotatable bonds is 4. The lowest BCUT2D eigenvalue weighted by molar-refractivity contribution is 0.271. The number of nitrogens with one attached hydrogen (secondary N) is 1. The number of aliphatic hydroxyl groups excluding tert-OH is 1. The van der Waals surface area contributed by atoms with Crippen LogP contribution in [0.3, 0.4) is 0 Å². The molecule has 1 unspecified atom stereocenters. The number of aryl methyl sites for hydroxylation is 1. The van der Waals surface area contributed by atoms with Gasteiger partial charge in [-0.25, -0.2) is 4.98 Å². The van der Waals surface area contributed by atoms with Gasteiger partial charge in [0.25, 0.3) is 0 Å². The normalized spacial score (nSPS) is 12.5. The van der Waals surface area contributed by atoms with Crippen molar-refractivity contribution >= 4 is 11.5 Å². The summed E-state index contributed by atoms with van der Waals surface area (Å²) in [6, 6.07) is 1.83. The number of nitrogens with zero attached hydrogens (tertiary/aromatic N) is 1. The Bertz CT molecular complexity index is 297. The van der Waals surface area contributed by atoms with Gasteiger partial charge in [-0.15, -0.1) is 0 Å². The zero-order chi connectivity index (χ0) is 10.6. The average molecular weight is 195 g/mol. The molecule has 0 amide bonds. The molecule has 0 aliphatic rings. The Morgan fingerprint density at radius 1 is 1.64 bits per heavy atom. The lowest BCUT2D eigenvalue weighted by Crippen LogP contribution is -2.23. The van der Waals surface area contributed by atoms with Gasteiger partial charge < -0.3 is 16.2 Å². The molecule has 14 heavy (non-hydrogen) atoms. The molecule has 0 saturated carbocycles. The molecule has 1 rings (SSSR count). The molecule has 1 aromatic heterocycles. The molecule has 0 saturated heterocycles. The van der Waals surface area contributed by atoms with Gasteiger partial charge in [0.2, 0.25) is 0 Å². The van der Waals surface area contributed by atoms with Gasteiger partial charge in [0.05, 0.1) is 12.6 Å². The molecular formula is C10H17N3O. The molecule has 0 aromatic carbocycles. The van der Waals surface area contributed by atoms with Crippen molar-refractivity contribution in [3.63, 3.8) is 0 Å². The smallest absolute Gasteiger partial charge is 0.128 e. The molecule has 4 nitrogen and oxygen atoms in total. The van der Waals surface area contributed by atoms with Gasteiger partial charge in [0, 0.05) is 18.0 Å². The second kappa shape index (κ2) is 4.81. The third-order valence-corrected chi connectivity index (χ3v) is 2.21. The number of pyridine rings is 1. The minimum Gasteiger partial charge on any atom is -0.398 e. The first-order valence-corrected chi connectivity index (χ1v) is 4.77. The predicted octanol–water partition coefficient (Wildman–Crippen LogP) is 1.16. The maximum Gasteiger partial charge on any atom is 0.128 e. The summed E-state index contributed by atoms with van der Waals surface area (Å²) < 4.78 is 0. The summed E-state index contributed by atoms with van der Waals surface area (Å²) in [4.78, 5) is 4.17. The number of aliphatic hydroxyl groups is 1. The number of hydrogen-bond acceptors (Lipinski definition) is 4. The van der Waals surface area contributed by atoms with Crippen molar-refractivity contribution in [2.45, 2.75) is 26.3 Å². The largest absolute Gasteiger partial charge is 0.398 e. The highest BCUT2D eigenvalue weighted by Crippen LogP contribution is 2.14. The van der Waals surface area contributed by atoms with Crippen LogP contribution in [-0.4, -0.2) is 22.7 Å². The number of hydrogen-bond donors (Lipinski definition) is 3. The van der Waals surface area contributed by atoms with Crippen LogP contribution < -0.4 is 11.1 Å². The van der Waals surface area contributed by atoms with Crippen molar-refractivity contribution in [3.8, 4) is 0 Å². The van der Waals surface area contributed by atoms with E-state index < -0.39 is 0 Å². The zero-order valence-electron chi connectivity index (χ0n) is 8.62. The predicted molar refractivity (Wildman–Crippen MR) is 58.2 cm³/mol. The van der Waals surface area contributed by atoms with Crippen LogP contribution in [0.25, 0.3) is 0 Å². The first kappa shape index (κ1) is 10.8. The van der Waals surface area contributed by atoms with Crippen molar-refractivity contribution in [3.05, 3.63) is 17.8 Å². The number of nitrogen functional groups attached to an aromatic ring is 1. The summed E-state index contributed by atoms with van der Waals surface area (Å²) in [7, 11) is 0. The van der Waals surface area contributed by atoms with E-state index in [9.17, 15) is 0 Å². The number of nitrogens with two attached hydrogens (primary N) is 1. The third kappa shape index (κ3) is 2.60. The summed E-state index contributed by atoms with van der Waals surface area (Å²) in [5.74, 6) is 0.717. The topological polar surface area (TPSA) is 71.2 Å². The monoisotopic (exact) mass is 195 g/mol. The van der Waals surface area contributed by atoms with Crippen molar-refractivity contribution in [2.75, 3.05) is 17.7 Å².